The summed E-state index contributed by atoms with van der Waals surface area (Å²) in [7, 11) is 0. The first-order chi connectivity index (χ1) is 4.70. The Kier molecular flexibility index (Phi) is 1.97. The highest BCUT2D eigenvalue weighted by atomic mass is 35.5. The molecule has 0 bridgehead atoms. The van der Waals surface area contributed by atoms with Crippen molar-refractivity contribution in [1.82, 2.24) is 9.97 Å². The second-order valence-electron chi connectivity index (χ2n) is 1.82. The van der Waals surface area contributed by atoms with Gasteiger partial charge in [-0.2, -0.15) is 0 Å². The van der Waals surface area contributed by atoms with Crippen LogP contribution in [0.15, 0.2) is 12.4 Å². The molecule has 0 aliphatic carbocycles. The van der Waals surface area contributed by atoms with Gasteiger partial charge >= 0.3 is 0 Å². The lowest BCUT2D eigenvalue weighted by atomic mass is 10.3. The zero-order valence-electron chi connectivity index (χ0n) is 5.34. The third-order valence-corrected chi connectivity index (χ3v) is 1.20. The molecule has 0 N–H and O–H groups in total. The van der Waals surface area contributed by atoms with Gasteiger partial charge in [0.2, 0.25) is 0 Å². The summed E-state index contributed by atoms with van der Waals surface area (Å²) in [5, 5.41) is -0.550. The summed E-state index contributed by atoms with van der Waals surface area (Å²) in [4.78, 5) is 17.9. The molecule has 52 valence electrons. The van der Waals surface area contributed by atoms with Crippen LogP contribution < -0.4 is 0 Å². The van der Waals surface area contributed by atoms with E-state index >= 15 is 0 Å². The molecular formula is C6H5ClN2O. The molecule has 0 saturated heterocycles. The van der Waals surface area contributed by atoms with Gasteiger partial charge in [0.1, 0.15) is 12.0 Å². The molecule has 1 aromatic heterocycles. The highest BCUT2D eigenvalue weighted by molar-refractivity contribution is 6.67. The molecule has 1 heterocycles. The zero-order valence-corrected chi connectivity index (χ0v) is 6.09. The van der Waals surface area contributed by atoms with Crippen LogP contribution in [-0.2, 0) is 0 Å². The van der Waals surface area contributed by atoms with Crippen LogP contribution in [0, 0.1) is 6.92 Å². The number of rotatable bonds is 1. The van der Waals surface area contributed by atoms with Gasteiger partial charge in [-0.25, -0.2) is 9.97 Å². The number of carbonyl (C=O) groups is 1. The van der Waals surface area contributed by atoms with Crippen LogP contribution in [0.3, 0.4) is 0 Å². The number of aromatic nitrogens is 2. The van der Waals surface area contributed by atoms with Gasteiger partial charge in [0.15, 0.2) is 0 Å². The van der Waals surface area contributed by atoms with E-state index in [-0.39, 0.29) is 5.69 Å². The van der Waals surface area contributed by atoms with E-state index in [0.717, 1.165) is 5.69 Å². The number of halogens is 1. The Hall–Kier alpha value is -0.960. The Bertz CT molecular complexity index is 262. The van der Waals surface area contributed by atoms with Gasteiger partial charge in [0, 0.05) is 5.69 Å². The molecule has 1 rings (SSSR count). The Balaban J connectivity index is 3.07. The molecule has 0 radical (unpaired) electrons. The monoisotopic (exact) mass is 156 g/mol. The molecule has 0 spiro atoms. The average molecular weight is 157 g/mol. The van der Waals surface area contributed by atoms with E-state index in [1.807, 2.05) is 0 Å². The first-order valence-electron chi connectivity index (χ1n) is 2.68. The smallest absolute Gasteiger partial charge is 0.270 e. The molecule has 0 aliphatic heterocycles. The van der Waals surface area contributed by atoms with Gasteiger partial charge in [-0.1, -0.05) is 0 Å². The van der Waals surface area contributed by atoms with Crippen LogP contribution in [0.1, 0.15) is 16.2 Å². The Morgan fingerprint density at radius 3 is 2.70 bits per heavy atom. The van der Waals surface area contributed by atoms with E-state index < -0.39 is 5.24 Å². The van der Waals surface area contributed by atoms with E-state index in [4.69, 9.17) is 11.6 Å². The summed E-state index contributed by atoms with van der Waals surface area (Å²) >= 11 is 5.15. The molecule has 0 atom stereocenters. The molecule has 0 unspecified atom stereocenters. The van der Waals surface area contributed by atoms with E-state index in [2.05, 4.69) is 9.97 Å². The van der Waals surface area contributed by atoms with E-state index in [1.54, 1.807) is 6.92 Å². The van der Waals surface area contributed by atoms with Crippen molar-refractivity contribution in [3.8, 4) is 0 Å². The lowest BCUT2D eigenvalue weighted by Gasteiger charge is -1.91. The second-order valence-corrected chi connectivity index (χ2v) is 2.16. The molecule has 3 nitrogen and oxygen atoms in total. The van der Waals surface area contributed by atoms with Crippen LogP contribution in [0.4, 0.5) is 0 Å². The van der Waals surface area contributed by atoms with Crippen molar-refractivity contribution >= 4 is 16.8 Å². The number of carbonyl (C=O) groups excluding carboxylic acids is 1. The zero-order chi connectivity index (χ0) is 7.56. The van der Waals surface area contributed by atoms with Gasteiger partial charge in [-0.05, 0) is 24.6 Å². The van der Waals surface area contributed by atoms with Crippen molar-refractivity contribution in [2.75, 3.05) is 0 Å². The van der Waals surface area contributed by atoms with Crippen molar-refractivity contribution in [2.45, 2.75) is 6.92 Å². The van der Waals surface area contributed by atoms with E-state index in [0.29, 0.717) is 0 Å². The maximum absolute atomic E-state index is 10.5. The van der Waals surface area contributed by atoms with Crippen LogP contribution >= 0.6 is 11.6 Å². The fourth-order valence-electron chi connectivity index (χ4n) is 0.562. The maximum Gasteiger partial charge on any atom is 0.270 e. The molecule has 0 fully saturated rings. The predicted molar refractivity (Wildman–Crippen MR) is 37.0 cm³/mol. The summed E-state index contributed by atoms with van der Waals surface area (Å²) in [6.45, 7) is 1.77. The first kappa shape index (κ1) is 7.15. The summed E-state index contributed by atoms with van der Waals surface area (Å²) in [5.41, 5.74) is 0.980. The normalized spacial score (nSPS) is 9.40. The quantitative estimate of drug-likeness (QED) is 0.573. The fourth-order valence-corrected chi connectivity index (χ4v) is 0.665. The molecule has 10 heavy (non-hydrogen) atoms. The van der Waals surface area contributed by atoms with Crippen LogP contribution in [0.2, 0.25) is 0 Å². The van der Waals surface area contributed by atoms with Crippen molar-refractivity contribution < 1.29 is 4.79 Å². The van der Waals surface area contributed by atoms with Crippen molar-refractivity contribution in [3.63, 3.8) is 0 Å². The molecule has 4 heteroatoms. The summed E-state index contributed by atoms with van der Waals surface area (Å²) in [6.07, 6.45) is 1.31. The lowest BCUT2D eigenvalue weighted by Crippen LogP contribution is -1.95. The highest BCUT2D eigenvalue weighted by Crippen LogP contribution is 1.99. The molecule has 0 aromatic carbocycles. The Labute approximate surface area is 63.1 Å². The van der Waals surface area contributed by atoms with Gasteiger partial charge in [0.05, 0.1) is 0 Å². The van der Waals surface area contributed by atoms with Crippen molar-refractivity contribution in [1.29, 1.82) is 0 Å². The summed E-state index contributed by atoms with van der Waals surface area (Å²) in [6, 6.07) is 1.54. The SMILES string of the molecule is Cc1cc(C(=O)Cl)ncn1. The third-order valence-electron chi connectivity index (χ3n) is 1.01. The topological polar surface area (TPSA) is 42.9 Å². The molecular weight excluding hydrogens is 152 g/mol. The summed E-state index contributed by atoms with van der Waals surface area (Å²) in [5.74, 6) is 0. The predicted octanol–water partition coefficient (Wildman–Crippen LogP) is 1.16. The average Bonchev–Trinajstić information content (AvgIpc) is 1.88. The van der Waals surface area contributed by atoms with Crippen LogP contribution in [0.25, 0.3) is 0 Å². The van der Waals surface area contributed by atoms with Gasteiger partial charge in [-0.3, -0.25) is 4.79 Å². The Morgan fingerprint density at radius 2 is 2.30 bits per heavy atom. The first-order valence-corrected chi connectivity index (χ1v) is 3.06. The standard InChI is InChI=1S/C6H5ClN2O/c1-4-2-5(6(7)10)9-3-8-4/h2-3H,1H3. The molecule has 0 saturated carbocycles. The maximum atomic E-state index is 10.5. The number of nitrogens with zero attached hydrogens (tertiary/aromatic N) is 2. The number of aryl methyl sites for hydroxylation is 1. The molecule has 0 amide bonds. The van der Waals surface area contributed by atoms with E-state index in [9.17, 15) is 4.79 Å². The fraction of sp³-hybridized carbons (Fsp3) is 0.167. The minimum atomic E-state index is -0.550. The minimum absolute atomic E-state index is 0.245. The van der Waals surface area contributed by atoms with E-state index in [1.165, 1.54) is 12.4 Å². The Morgan fingerprint density at radius 1 is 1.60 bits per heavy atom. The lowest BCUT2D eigenvalue weighted by molar-refractivity contribution is 0.107. The molecule has 1 aromatic rings. The van der Waals surface area contributed by atoms with Crippen molar-refractivity contribution in [2.24, 2.45) is 0 Å². The third kappa shape index (κ3) is 1.51. The minimum Gasteiger partial charge on any atom is -0.274 e. The van der Waals surface area contributed by atoms with Gasteiger partial charge < -0.3 is 0 Å². The van der Waals surface area contributed by atoms with Crippen molar-refractivity contribution in [3.05, 3.63) is 23.8 Å². The second kappa shape index (κ2) is 2.75. The largest absolute Gasteiger partial charge is 0.274 e. The molecule has 0 aliphatic rings. The highest BCUT2D eigenvalue weighted by Gasteiger charge is 2.01. The van der Waals surface area contributed by atoms with Crippen LogP contribution in [0.5, 0.6) is 0 Å². The number of hydrogen-bond acceptors (Lipinski definition) is 3. The van der Waals surface area contributed by atoms with Gasteiger partial charge in [0.25, 0.3) is 5.24 Å². The van der Waals surface area contributed by atoms with Gasteiger partial charge in [-0.15, -0.1) is 0 Å². The van der Waals surface area contributed by atoms with Crippen LogP contribution in [-0.4, -0.2) is 15.2 Å². The summed E-state index contributed by atoms with van der Waals surface area (Å²) < 4.78 is 0. The number of hydrogen-bond donors (Lipinski definition) is 0.